The van der Waals surface area contributed by atoms with Crippen LogP contribution in [0.4, 0.5) is 0 Å². The third kappa shape index (κ3) is 1.37. The Balaban J connectivity index is 2.55. The van der Waals surface area contributed by atoms with Crippen molar-refractivity contribution in [1.29, 1.82) is 0 Å². The van der Waals surface area contributed by atoms with Crippen molar-refractivity contribution in [3.8, 4) is 17.2 Å². The van der Waals surface area contributed by atoms with Gasteiger partial charge in [0.25, 0.3) is 0 Å². The maximum atomic E-state index is 9.56. The standard InChI is InChI=1S/C11H11NO2/c1-7-8(2)14-11(12-7)9-5-3-4-6-10(9)13/h3-6,13H,1-2H3. The van der Waals surface area contributed by atoms with Gasteiger partial charge in [0, 0.05) is 0 Å². The summed E-state index contributed by atoms with van der Waals surface area (Å²) in [7, 11) is 0. The number of phenols is 1. The van der Waals surface area contributed by atoms with Crippen LogP contribution in [0.5, 0.6) is 5.75 Å². The number of nitrogens with zero attached hydrogens (tertiary/aromatic N) is 1. The highest BCUT2D eigenvalue weighted by molar-refractivity contribution is 5.62. The van der Waals surface area contributed by atoms with Crippen LogP contribution in [0.15, 0.2) is 28.7 Å². The average molecular weight is 189 g/mol. The van der Waals surface area contributed by atoms with E-state index < -0.39 is 0 Å². The lowest BCUT2D eigenvalue weighted by Crippen LogP contribution is -1.78. The number of hydrogen-bond acceptors (Lipinski definition) is 3. The van der Waals surface area contributed by atoms with E-state index in [1.807, 2.05) is 19.9 Å². The Morgan fingerprint density at radius 2 is 1.93 bits per heavy atom. The van der Waals surface area contributed by atoms with E-state index in [1.165, 1.54) is 0 Å². The molecule has 0 atom stereocenters. The summed E-state index contributed by atoms with van der Waals surface area (Å²) in [6, 6.07) is 7.00. The molecule has 0 radical (unpaired) electrons. The Hall–Kier alpha value is -1.77. The third-order valence-electron chi connectivity index (χ3n) is 2.16. The number of aromatic hydroxyl groups is 1. The van der Waals surface area contributed by atoms with Gasteiger partial charge in [-0.15, -0.1) is 0 Å². The molecule has 2 aromatic rings. The lowest BCUT2D eigenvalue weighted by atomic mass is 10.2. The lowest BCUT2D eigenvalue weighted by molar-refractivity contribution is 0.471. The number of phenolic OH excluding ortho intramolecular Hbond substituents is 1. The Kier molecular flexibility index (Phi) is 2.00. The molecule has 1 aromatic carbocycles. The van der Waals surface area contributed by atoms with Crippen molar-refractivity contribution in [3.63, 3.8) is 0 Å². The van der Waals surface area contributed by atoms with Gasteiger partial charge in [-0.2, -0.15) is 0 Å². The SMILES string of the molecule is Cc1nc(-c2ccccc2O)oc1C. The van der Waals surface area contributed by atoms with Crippen LogP contribution >= 0.6 is 0 Å². The molecule has 3 nitrogen and oxygen atoms in total. The first-order valence-corrected chi connectivity index (χ1v) is 4.41. The van der Waals surface area contributed by atoms with Crippen LogP contribution in [-0.2, 0) is 0 Å². The molecule has 0 spiro atoms. The number of aryl methyl sites for hydroxylation is 2. The Bertz CT molecular complexity index is 441. The molecule has 0 saturated carbocycles. The maximum absolute atomic E-state index is 9.56. The van der Waals surface area contributed by atoms with Gasteiger partial charge >= 0.3 is 0 Å². The van der Waals surface area contributed by atoms with Gasteiger partial charge < -0.3 is 9.52 Å². The Morgan fingerprint density at radius 3 is 2.50 bits per heavy atom. The van der Waals surface area contributed by atoms with Crippen LogP contribution in [0.25, 0.3) is 11.5 Å². The molecule has 1 N–H and O–H groups in total. The van der Waals surface area contributed by atoms with Crippen molar-refractivity contribution in [1.82, 2.24) is 4.98 Å². The number of para-hydroxylation sites is 1. The second kappa shape index (κ2) is 3.18. The normalized spacial score (nSPS) is 10.4. The minimum absolute atomic E-state index is 0.189. The molecule has 0 unspecified atom stereocenters. The number of rotatable bonds is 1. The van der Waals surface area contributed by atoms with Gasteiger partial charge in [-0.1, -0.05) is 12.1 Å². The maximum Gasteiger partial charge on any atom is 0.230 e. The summed E-state index contributed by atoms with van der Waals surface area (Å²) in [6.45, 7) is 3.73. The van der Waals surface area contributed by atoms with Gasteiger partial charge in [0.2, 0.25) is 5.89 Å². The van der Waals surface area contributed by atoms with E-state index in [4.69, 9.17) is 4.42 Å². The van der Waals surface area contributed by atoms with Crippen LogP contribution < -0.4 is 0 Å². The fraction of sp³-hybridized carbons (Fsp3) is 0.182. The zero-order chi connectivity index (χ0) is 10.1. The molecule has 0 aliphatic heterocycles. The molecule has 14 heavy (non-hydrogen) atoms. The van der Waals surface area contributed by atoms with Crippen molar-refractivity contribution in [2.24, 2.45) is 0 Å². The minimum atomic E-state index is 0.189. The highest BCUT2D eigenvalue weighted by Gasteiger charge is 2.10. The summed E-state index contributed by atoms with van der Waals surface area (Å²) in [5.74, 6) is 1.44. The molecule has 72 valence electrons. The second-order valence-corrected chi connectivity index (χ2v) is 3.18. The summed E-state index contributed by atoms with van der Waals surface area (Å²) in [6.07, 6.45) is 0. The third-order valence-corrected chi connectivity index (χ3v) is 2.16. The summed E-state index contributed by atoms with van der Waals surface area (Å²) >= 11 is 0. The van der Waals surface area contributed by atoms with Crippen molar-refractivity contribution in [3.05, 3.63) is 35.7 Å². The van der Waals surface area contributed by atoms with E-state index in [2.05, 4.69) is 4.98 Å². The highest BCUT2D eigenvalue weighted by Crippen LogP contribution is 2.28. The van der Waals surface area contributed by atoms with E-state index >= 15 is 0 Å². The molecule has 0 aliphatic rings. The minimum Gasteiger partial charge on any atom is -0.507 e. The first-order chi connectivity index (χ1) is 6.68. The van der Waals surface area contributed by atoms with Crippen LogP contribution in [0, 0.1) is 13.8 Å². The lowest BCUT2D eigenvalue weighted by Gasteiger charge is -1.97. The van der Waals surface area contributed by atoms with Gasteiger partial charge in [-0.05, 0) is 26.0 Å². The molecule has 0 amide bonds. The zero-order valence-corrected chi connectivity index (χ0v) is 8.11. The second-order valence-electron chi connectivity index (χ2n) is 3.18. The van der Waals surface area contributed by atoms with E-state index in [0.29, 0.717) is 11.5 Å². The fourth-order valence-corrected chi connectivity index (χ4v) is 1.24. The van der Waals surface area contributed by atoms with E-state index in [0.717, 1.165) is 11.5 Å². The van der Waals surface area contributed by atoms with E-state index in [-0.39, 0.29) is 5.75 Å². The predicted octanol–water partition coefficient (Wildman–Crippen LogP) is 2.66. The zero-order valence-electron chi connectivity index (χ0n) is 8.11. The number of benzene rings is 1. The number of hydrogen-bond donors (Lipinski definition) is 1. The Morgan fingerprint density at radius 1 is 1.21 bits per heavy atom. The summed E-state index contributed by atoms with van der Waals surface area (Å²) in [5.41, 5.74) is 1.48. The molecule has 0 fully saturated rings. The number of oxazole rings is 1. The molecule has 1 heterocycles. The van der Waals surface area contributed by atoms with E-state index in [9.17, 15) is 5.11 Å². The molecule has 0 bridgehead atoms. The summed E-state index contributed by atoms with van der Waals surface area (Å²) in [5, 5.41) is 9.56. The van der Waals surface area contributed by atoms with Crippen LogP contribution in [-0.4, -0.2) is 10.1 Å². The van der Waals surface area contributed by atoms with Crippen molar-refractivity contribution in [2.75, 3.05) is 0 Å². The van der Waals surface area contributed by atoms with Crippen LogP contribution in [0.2, 0.25) is 0 Å². The monoisotopic (exact) mass is 189 g/mol. The summed E-state index contributed by atoms with van der Waals surface area (Å²) < 4.78 is 5.41. The van der Waals surface area contributed by atoms with Gasteiger partial charge in [-0.25, -0.2) is 4.98 Å². The first-order valence-electron chi connectivity index (χ1n) is 4.41. The van der Waals surface area contributed by atoms with E-state index in [1.54, 1.807) is 18.2 Å². The molecule has 0 saturated heterocycles. The number of aromatic nitrogens is 1. The fourth-order valence-electron chi connectivity index (χ4n) is 1.24. The highest BCUT2D eigenvalue weighted by atomic mass is 16.4. The van der Waals surface area contributed by atoms with Crippen molar-refractivity contribution < 1.29 is 9.52 Å². The average Bonchev–Trinajstić information content (AvgIpc) is 2.48. The van der Waals surface area contributed by atoms with Gasteiger partial charge in [0.15, 0.2) is 0 Å². The Labute approximate surface area is 82.0 Å². The van der Waals surface area contributed by atoms with Crippen molar-refractivity contribution >= 4 is 0 Å². The van der Waals surface area contributed by atoms with Gasteiger partial charge in [0.05, 0.1) is 11.3 Å². The van der Waals surface area contributed by atoms with Gasteiger partial charge in [-0.3, -0.25) is 0 Å². The largest absolute Gasteiger partial charge is 0.507 e. The van der Waals surface area contributed by atoms with Crippen molar-refractivity contribution in [2.45, 2.75) is 13.8 Å². The molecular weight excluding hydrogens is 178 g/mol. The molecule has 0 aliphatic carbocycles. The molecule has 2 rings (SSSR count). The quantitative estimate of drug-likeness (QED) is 0.750. The molecular formula is C11H11NO2. The van der Waals surface area contributed by atoms with Crippen LogP contribution in [0.1, 0.15) is 11.5 Å². The molecule has 1 aromatic heterocycles. The topological polar surface area (TPSA) is 46.3 Å². The van der Waals surface area contributed by atoms with Gasteiger partial charge in [0.1, 0.15) is 11.5 Å². The van der Waals surface area contributed by atoms with Crippen LogP contribution in [0.3, 0.4) is 0 Å². The predicted molar refractivity (Wildman–Crippen MR) is 53.1 cm³/mol. The first kappa shape index (κ1) is 8.81. The molecule has 3 heteroatoms. The summed E-state index contributed by atoms with van der Waals surface area (Å²) in [4.78, 5) is 4.21. The smallest absolute Gasteiger partial charge is 0.230 e.